The molecule has 1 aromatic heterocycles. The van der Waals surface area contributed by atoms with Crippen molar-refractivity contribution in [3.63, 3.8) is 0 Å². The molecular formula is C62H68FN7O7. The van der Waals surface area contributed by atoms with Crippen LogP contribution in [0.1, 0.15) is 86.8 Å². The summed E-state index contributed by atoms with van der Waals surface area (Å²) in [7, 11) is 3.36. The molecule has 4 heterocycles. The van der Waals surface area contributed by atoms with E-state index in [1.807, 2.05) is 60.7 Å². The Morgan fingerprint density at radius 2 is 1.65 bits per heavy atom. The molecule has 10 rings (SSSR count). The summed E-state index contributed by atoms with van der Waals surface area (Å²) >= 11 is 0. The van der Waals surface area contributed by atoms with E-state index in [-0.39, 0.29) is 47.7 Å². The number of anilines is 2. The number of hydrogen-bond acceptors (Lipinski definition) is 10. The predicted molar refractivity (Wildman–Crippen MR) is 293 cm³/mol. The van der Waals surface area contributed by atoms with Crippen LogP contribution in [0.15, 0.2) is 109 Å². The monoisotopic (exact) mass is 1040 g/mol. The number of fused-ring (bicyclic) bond motifs is 1. The lowest BCUT2D eigenvalue weighted by molar-refractivity contribution is -0.131. The van der Waals surface area contributed by atoms with Gasteiger partial charge in [-0.1, -0.05) is 55.8 Å². The summed E-state index contributed by atoms with van der Waals surface area (Å²) in [6.07, 6.45) is 5.02. The Kier molecular flexibility index (Phi) is 15.8. The number of rotatable bonds is 18. The summed E-state index contributed by atoms with van der Waals surface area (Å²) in [6.45, 7) is 11.9. The van der Waals surface area contributed by atoms with Crippen LogP contribution in [-0.2, 0) is 42.5 Å². The van der Waals surface area contributed by atoms with Gasteiger partial charge in [-0.3, -0.25) is 24.2 Å². The number of nitrogens with zero attached hydrogens (tertiary/aromatic N) is 7. The van der Waals surface area contributed by atoms with E-state index in [1.54, 1.807) is 47.4 Å². The molecule has 1 spiro atoms. The zero-order chi connectivity index (χ0) is 53.8. The minimum atomic E-state index is -0.507. The highest BCUT2D eigenvalue weighted by molar-refractivity contribution is 6.13. The van der Waals surface area contributed by atoms with Gasteiger partial charge >= 0.3 is 0 Å². The fourth-order valence-corrected chi connectivity index (χ4v) is 11.7. The lowest BCUT2D eigenvalue weighted by Gasteiger charge is -2.57. The molecule has 400 valence electrons. The SMILES string of the molecule is CCCN(Cc1ccc(-c2cc(C(=O)N(c3ccc(O)cc3)c3ccc(OC)c(C#N)c3)c(C)n2C)c(C(=O)N2Cc3ccccc3CC2CN2CC3(CCC3)C2)c1)C(=O)Cc1ccc(OCCN2CCOCC2)cc1F. The summed E-state index contributed by atoms with van der Waals surface area (Å²) in [5.74, 6) is -0.490. The van der Waals surface area contributed by atoms with Gasteiger partial charge in [-0.25, -0.2) is 4.39 Å². The second kappa shape index (κ2) is 23.0. The summed E-state index contributed by atoms with van der Waals surface area (Å²) in [5.41, 5.74) is 7.58. The van der Waals surface area contributed by atoms with Crippen molar-refractivity contribution in [2.45, 2.75) is 71.5 Å². The van der Waals surface area contributed by atoms with Gasteiger partial charge in [0.15, 0.2) is 0 Å². The number of carbonyl (C=O) groups excluding carboxylic acids is 3. The first-order valence-corrected chi connectivity index (χ1v) is 26.9. The number of phenols is 1. The first kappa shape index (κ1) is 52.9. The Morgan fingerprint density at radius 3 is 2.35 bits per heavy atom. The highest BCUT2D eigenvalue weighted by Crippen LogP contribution is 2.48. The quantitative estimate of drug-likeness (QED) is 0.0885. The Morgan fingerprint density at radius 1 is 0.896 bits per heavy atom. The molecule has 6 aromatic rings. The van der Waals surface area contributed by atoms with Gasteiger partial charge in [0.25, 0.3) is 11.8 Å². The van der Waals surface area contributed by atoms with Crippen LogP contribution in [0.3, 0.4) is 0 Å². The van der Waals surface area contributed by atoms with E-state index in [2.05, 4.69) is 34.1 Å². The number of methoxy groups -OCH3 is 1. The molecule has 1 atom stereocenters. The minimum absolute atomic E-state index is 0.0292. The van der Waals surface area contributed by atoms with Crippen molar-refractivity contribution in [3.05, 3.63) is 160 Å². The zero-order valence-electron chi connectivity index (χ0n) is 44.6. The number of benzene rings is 5. The van der Waals surface area contributed by atoms with Crippen LogP contribution < -0.4 is 14.4 Å². The fraction of sp³-hybridized carbons (Fsp3) is 0.387. The number of nitriles is 1. The number of ether oxygens (including phenoxy) is 3. The first-order chi connectivity index (χ1) is 37.3. The van der Waals surface area contributed by atoms with Gasteiger partial charge in [-0.2, -0.15) is 5.26 Å². The van der Waals surface area contributed by atoms with E-state index >= 15 is 14.0 Å². The van der Waals surface area contributed by atoms with Gasteiger partial charge in [0, 0.05) is 106 Å². The normalized spacial score (nSPS) is 16.9. The molecule has 5 aromatic carbocycles. The van der Waals surface area contributed by atoms with Crippen LogP contribution in [0.25, 0.3) is 11.3 Å². The topological polar surface area (TPSA) is 144 Å². The smallest absolute Gasteiger partial charge is 0.264 e. The lowest BCUT2D eigenvalue weighted by atomic mass is 9.63. The molecule has 1 N–H and O–H groups in total. The molecular weight excluding hydrogens is 974 g/mol. The lowest BCUT2D eigenvalue weighted by Crippen LogP contribution is -2.63. The number of hydrogen-bond donors (Lipinski definition) is 1. The molecule has 0 radical (unpaired) electrons. The summed E-state index contributed by atoms with van der Waals surface area (Å²) in [6, 6.07) is 33.9. The summed E-state index contributed by atoms with van der Waals surface area (Å²) < 4.78 is 34.4. The molecule has 3 aliphatic heterocycles. The Balaban J connectivity index is 0.985. The summed E-state index contributed by atoms with van der Waals surface area (Å²) in [4.78, 5) is 55.3. The molecule has 4 aliphatic rings. The van der Waals surface area contributed by atoms with Crippen molar-refractivity contribution in [2.24, 2.45) is 12.5 Å². The molecule has 1 aliphatic carbocycles. The van der Waals surface area contributed by atoms with Crippen molar-refractivity contribution < 1.29 is 38.1 Å². The number of halogens is 1. The maximum atomic E-state index is 15.8. The molecule has 1 saturated carbocycles. The molecule has 14 nitrogen and oxygen atoms in total. The Hall–Kier alpha value is -7.51. The van der Waals surface area contributed by atoms with Crippen molar-refractivity contribution in [1.82, 2.24) is 24.2 Å². The second-order valence-corrected chi connectivity index (χ2v) is 21.3. The van der Waals surface area contributed by atoms with Gasteiger partial charge in [-0.05, 0) is 121 Å². The molecule has 3 fully saturated rings. The van der Waals surface area contributed by atoms with Crippen molar-refractivity contribution >= 4 is 29.1 Å². The van der Waals surface area contributed by atoms with E-state index in [0.717, 1.165) is 43.9 Å². The fourth-order valence-electron chi connectivity index (χ4n) is 11.7. The minimum Gasteiger partial charge on any atom is -0.508 e. The number of amides is 3. The van der Waals surface area contributed by atoms with Gasteiger partial charge < -0.3 is 38.6 Å². The third-order valence-electron chi connectivity index (χ3n) is 16.2. The van der Waals surface area contributed by atoms with E-state index in [0.29, 0.717) is 109 Å². The maximum Gasteiger partial charge on any atom is 0.264 e. The van der Waals surface area contributed by atoms with Gasteiger partial charge in [0.1, 0.15) is 35.7 Å². The standard InChI is InChI=1S/C62H68FN7O7/c1-5-23-68(59(72)33-45-12-18-52(34-56(45)63)77-29-26-66-24-27-76-28-25-66)37-43-11-19-53(55(30-43)60(73)69-38-46-10-7-6-9-44(46)31-50(69)39-67-40-62(41-67)21-8-22-62)57-35-54(42(2)65(57)3)61(74)70(48-13-16-51(71)17-14-48)49-15-20-58(75-4)47(32-49)36-64/h6-7,9-20,30,32,34-35,50,71H,5,8,21-29,31,33,37-41H2,1-4H3. The number of aromatic nitrogens is 1. The first-order valence-electron chi connectivity index (χ1n) is 26.9. The zero-order valence-corrected chi connectivity index (χ0v) is 44.6. The maximum absolute atomic E-state index is 15.8. The molecule has 15 heteroatoms. The van der Waals surface area contributed by atoms with Crippen LogP contribution in [0.2, 0.25) is 0 Å². The average Bonchev–Trinajstić information content (AvgIpc) is 3.72. The van der Waals surface area contributed by atoms with Crippen molar-refractivity contribution in [2.75, 3.05) is 77.6 Å². The van der Waals surface area contributed by atoms with Crippen molar-refractivity contribution in [3.8, 4) is 34.6 Å². The highest BCUT2D eigenvalue weighted by atomic mass is 19.1. The second-order valence-electron chi connectivity index (χ2n) is 21.3. The average molecular weight is 1040 g/mol. The number of carbonyl (C=O) groups is 3. The molecule has 77 heavy (non-hydrogen) atoms. The highest BCUT2D eigenvalue weighted by Gasteiger charge is 2.48. The van der Waals surface area contributed by atoms with Gasteiger partial charge in [-0.15, -0.1) is 0 Å². The Labute approximate surface area is 450 Å². The largest absolute Gasteiger partial charge is 0.508 e. The third kappa shape index (κ3) is 11.3. The Bertz CT molecular complexity index is 3190. The van der Waals surface area contributed by atoms with E-state index < -0.39 is 11.7 Å². The third-order valence-corrected chi connectivity index (χ3v) is 16.2. The van der Waals surface area contributed by atoms with Crippen LogP contribution >= 0.6 is 0 Å². The number of phenolic OH excluding ortho intramolecular Hbond substituents is 1. The number of morpholine rings is 1. The van der Waals surface area contributed by atoms with Crippen molar-refractivity contribution in [1.29, 1.82) is 5.26 Å². The van der Waals surface area contributed by atoms with E-state index in [1.165, 1.54) is 55.0 Å². The predicted octanol–water partition coefficient (Wildman–Crippen LogP) is 9.45. The number of aromatic hydroxyl groups is 1. The van der Waals surface area contributed by atoms with Crippen LogP contribution in [0.4, 0.5) is 15.8 Å². The van der Waals surface area contributed by atoms with Crippen LogP contribution in [0, 0.1) is 29.5 Å². The molecule has 2 saturated heterocycles. The van der Waals surface area contributed by atoms with E-state index in [4.69, 9.17) is 14.2 Å². The molecule has 3 amide bonds. The van der Waals surface area contributed by atoms with Gasteiger partial charge in [0.2, 0.25) is 5.91 Å². The van der Waals surface area contributed by atoms with Crippen LogP contribution in [0.5, 0.6) is 17.2 Å². The van der Waals surface area contributed by atoms with Gasteiger partial charge in [0.05, 0.1) is 43.6 Å². The number of likely N-dealkylation sites (tertiary alicyclic amines) is 1. The summed E-state index contributed by atoms with van der Waals surface area (Å²) in [5, 5.41) is 20.3. The van der Waals surface area contributed by atoms with E-state index in [9.17, 15) is 15.2 Å². The molecule has 1 unspecified atom stereocenters. The van der Waals surface area contributed by atoms with Crippen LogP contribution in [-0.4, -0.2) is 126 Å². The molecule has 0 bridgehead atoms.